The lowest BCUT2D eigenvalue weighted by Crippen LogP contribution is -2.62. The van der Waals surface area contributed by atoms with Crippen molar-refractivity contribution in [3.05, 3.63) is 0 Å². The Kier molecular flexibility index (Phi) is 10.4. The fourth-order valence-corrected chi connectivity index (χ4v) is 6.54. The molecule has 5 amide bonds. The number of amides is 5. The molecule has 0 aromatic carbocycles. The summed E-state index contributed by atoms with van der Waals surface area (Å²) in [7, 11) is 0. The van der Waals surface area contributed by atoms with Crippen LogP contribution in [-0.4, -0.2) is 82.1 Å². The van der Waals surface area contributed by atoms with Gasteiger partial charge in [-0.15, -0.1) is 23.2 Å². The third kappa shape index (κ3) is 8.12. The Balaban J connectivity index is 1.81. The van der Waals surface area contributed by atoms with Crippen LogP contribution in [0, 0.1) is 28.6 Å². The Hall–Kier alpha value is -2.60. The number of carbonyl (C=O) groups is 6. The third-order valence-corrected chi connectivity index (χ3v) is 9.81. The predicted molar refractivity (Wildman–Crippen MR) is 160 cm³/mol. The highest BCUT2D eigenvalue weighted by atomic mass is 35.5. The van der Waals surface area contributed by atoms with E-state index < -0.39 is 86.7 Å². The predicted octanol–water partition coefficient (Wildman–Crippen LogP) is 2.04. The number of fused-ring (bicyclic) bond motifs is 1. The first kappa shape index (κ1) is 34.9. The summed E-state index contributed by atoms with van der Waals surface area (Å²) in [6.07, 6.45) is 3.02. The number of carbonyl (C=O) groups excluding carboxylic acids is 6. The van der Waals surface area contributed by atoms with Gasteiger partial charge in [0, 0.05) is 25.3 Å². The Bertz CT molecular complexity index is 1150. The molecule has 14 heteroatoms. The lowest BCUT2D eigenvalue weighted by molar-refractivity contribution is -0.144. The van der Waals surface area contributed by atoms with Gasteiger partial charge in [0.2, 0.25) is 17.6 Å². The molecule has 3 aliphatic rings. The Labute approximate surface area is 262 Å². The Morgan fingerprint density at radius 2 is 1.58 bits per heavy atom. The number of hydrogen-bond donors (Lipinski definition) is 4. The van der Waals surface area contributed by atoms with Crippen LogP contribution in [0.25, 0.3) is 0 Å². The van der Waals surface area contributed by atoms with E-state index >= 15 is 0 Å². The molecule has 1 aliphatic heterocycles. The second-order valence-electron chi connectivity index (χ2n) is 14.2. The van der Waals surface area contributed by atoms with E-state index in [2.05, 4.69) is 16.0 Å². The van der Waals surface area contributed by atoms with Crippen LogP contribution in [0.4, 0.5) is 4.79 Å². The van der Waals surface area contributed by atoms with Gasteiger partial charge in [0.05, 0.1) is 12.1 Å². The summed E-state index contributed by atoms with van der Waals surface area (Å²) in [5.74, 6) is -4.54. The summed E-state index contributed by atoms with van der Waals surface area (Å²) in [6, 6.07) is -4.54. The molecule has 43 heavy (non-hydrogen) atoms. The smallest absolute Gasteiger partial charge is 0.315 e. The monoisotopic (exact) mass is 645 g/mol. The number of rotatable bonds is 11. The van der Waals surface area contributed by atoms with Crippen LogP contribution in [0.3, 0.4) is 0 Å². The molecule has 0 spiro atoms. The number of likely N-dealkylation sites (tertiary alicyclic amines) is 1. The zero-order chi connectivity index (χ0) is 32.7. The van der Waals surface area contributed by atoms with Crippen LogP contribution in [0.2, 0.25) is 0 Å². The molecule has 6 atom stereocenters. The van der Waals surface area contributed by atoms with Crippen molar-refractivity contribution in [2.45, 2.75) is 103 Å². The molecule has 1 saturated heterocycles. The molecule has 3 fully saturated rings. The van der Waals surface area contributed by atoms with Gasteiger partial charge in [0.1, 0.15) is 23.0 Å². The van der Waals surface area contributed by atoms with Crippen molar-refractivity contribution < 1.29 is 33.5 Å². The van der Waals surface area contributed by atoms with Gasteiger partial charge in [-0.1, -0.05) is 60.8 Å². The molecule has 2 saturated carbocycles. The molecule has 0 radical (unpaired) electrons. The first-order valence-electron chi connectivity index (χ1n) is 14.7. The molecule has 5 N–H and O–H groups in total. The summed E-state index contributed by atoms with van der Waals surface area (Å²) in [5.41, 5.74) is 4.00. The van der Waals surface area contributed by atoms with E-state index in [1.54, 1.807) is 20.8 Å². The zero-order valence-corrected chi connectivity index (χ0v) is 27.4. The maximum Gasteiger partial charge on any atom is 0.315 e. The van der Waals surface area contributed by atoms with Crippen molar-refractivity contribution in [1.82, 2.24) is 20.9 Å². The highest BCUT2D eigenvalue weighted by Crippen LogP contribution is 2.65. The summed E-state index contributed by atoms with van der Waals surface area (Å²) in [5, 5.41) is 8.22. The standard InChI is InChI=1S/C29H45Cl2N5O7/c1-14(37)43-13-18(27(2,3)4)34-26(42)35-22(28(5,6)7)25(41)36-12-16-19(29(16,30)31)20(36)24(40)33-17(21(38)23(32)39)11-15-9-8-10-15/h15-20,22H,8-13H2,1-7H3,(H2,32,39)(H,33,40)(H2,34,35,42)/t16-,17-,18?,19-,20-,22+/m0/s1. The molecular weight excluding hydrogens is 601 g/mol. The number of ketones is 1. The molecule has 12 nitrogen and oxygen atoms in total. The first-order valence-corrected chi connectivity index (χ1v) is 15.4. The highest BCUT2D eigenvalue weighted by Gasteiger charge is 2.74. The zero-order valence-electron chi connectivity index (χ0n) is 25.9. The fourth-order valence-electron chi connectivity index (χ4n) is 5.71. The van der Waals surface area contributed by atoms with Crippen molar-refractivity contribution in [3.63, 3.8) is 0 Å². The van der Waals surface area contributed by atoms with E-state index in [4.69, 9.17) is 33.7 Å². The van der Waals surface area contributed by atoms with Crippen LogP contribution in [0.1, 0.15) is 74.1 Å². The number of hydrogen-bond acceptors (Lipinski definition) is 7. The van der Waals surface area contributed by atoms with E-state index in [1.807, 2.05) is 20.8 Å². The van der Waals surface area contributed by atoms with Crippen molar-refractivity contribution in [3.8, 4) is 0 Å². The van der Waals surface area contributed by atoms with E-state index in [0.717, 1.165) is 19.3 Å². The third-order valence-electron chi connectivity index (χ3n) is 8.75. The summed E-state index contributed by atoms with van der Waals surface area (Å²) in [4.78, 5) is 78.1. The number of alkyl halides is 2. The van der Waals surface area contributed by atoms with Crippen LogP contribution >= 0.6 is 23.2 Å². The number of Topliss-reactive ketones (excluding diaryl/α,β-unsaturated/α-hetero) is 1. The second kappa shape index (κ2) is 12.8. The maximum absolute atomic E-state index is 14.1. The van der Waals surface area contributed by atoms with Crippen molar-refractivity contribution in [2.75, 3.05) is 13.2 Å². The van der Waals surface area contributed by atoms with Crippen LogP contribution in [0.5, 0.6) is 0 Å². The minimum atomic E-state index is -1.24. The first-order chi connectivity index (χ1) is 19.7. The topological polar surface area (TPSA) is 177 Å². The van der Waals surface area contributed by atoms with Crippen molar-refractivity contribution in [1.29, 1.82) is 0 Å². The second-order valence-corrected chi connectivity index (χ2v) is 15.6. The maximum atomic E-state index is 14.1. The molecule has 242 valence electrons. The molecule has 3 rings (SSSR count). The lowest BCUT2D eigenvalue weighted by atomic mass is 9.80. The van der Waals surface area contributed by atoms with Gasteiger partial charge in [-0.2, -0.15) is 0 Å². The SMILES string of the molecule is CC(=O)OCC(NC(=O)N[C@H](C(=O)N1C[C@H]2[C@@H]([C@H]1C(=O)N[C@@H](CC1CCC1)C(=O)C(N)=O)C2(Cl)Cl)C(C)(C)C)C(C)(C)C. The largest absolute Gasteiger partial charge is 0.464 e. The van der Waals surface area contributed by atoms with Crippen molar-refractivity contribution >= 4 is 58.7 Å². The van der Waals surface area contributed by atoms with Crippen LogP contribution < -0.4 is 21.7 Å². The van der Waals surface area contributed by atoms with E-state index in [9.17, 15) is 28.8 Å². The Morgan fingerprint density at radius 1 is 0.977 bits per heavy atom. The van der Waals surface area contributed by atoms with Gasteiger partial charge < -0.3 is 31.3 Å². The molecule has 1 heterocycles. The molecule has 2 aliphatic carbocycles. The van der Waals surface area contributed by atoms with Crippen molar-refractivity contribution in [2.24, 2.45) is 34.3 Å². The average Bonchev–Trinajstić information content (AvgIpc) is 3.17. The molecular formula is C29H45Cl2N5O7. The van der Waals surface area contributed by atoms with Gasteiger partial charge in [0.25, 0.3) is 5.91 Å². The number of urea groups is 1. The van der Waals surface area contributed by atoms with Gasteiger partial charge in [-0.3, -0.25) is 24.0 Å². The van der Waals surface area contributed by atoms with E-state index in [0.29, 0.717) is 0 Å². The van der Waals surface area contributed by atoms with Crippen LogP contribution in [-0.2, 0) is 28.7 Å². The van der Waals surface area contributed by atoms with E-state index in [-0.39, 0.29) is 25.5 Å². The summed E-state index contributed by atoms with van der Waals surface area (Å²) >= 11 is 13.0. The minimum Gasteiger partial charge on any atom is -0.464 e. The molecule has 1 unspecified atom stereocenters. The highest BCUT2D eigenvalue weighted by molar-refractivity contribution is 6.51. The number of esters is 1. The quantitative estimate of drug-likeness (QED) is 0.151. The number of nitrogens with two attached hydrogens (primary N) is 1. The number of nitrogens with zero attached hydrogens (tertiary/aromatic N) is 1. The number of ether oxygens (including phenoxy) is 1. The number of nitrogens with one attached hydrogen (secondary N) is 3. The van der Waals surface area contributed by atoms with Gasteiger partial charge >= 0.3 is 12.0 Å². The lowest BCUT2D eigenvalue weighted by Gasteiger charge is -2.38. The van der Waals surface area contributed by atoms with Gasteiger partial charge in [-0.05, 0) is 23.2 Å². The Morgan fingerprint density at radius 3 is 2.05 bits per heavy atom. The normalized spacial score (nSPS) is 24.9. The summed E-state index contributed by atoms with van der Waals surface area (Å²) in [6.45, 7) is 12.2. The minimum absolute atomic E-state index is 0.0578. The molecule has 0 aromatic rings. The molecule has 0 aromatic heterocycles. The number of primary amides is 1. The fraction of sp³-hybridized carbons (Fsp3) is 0.793. The average molecular weight is 647 g/mol. The van der Waals surface area contributed by atoms with E-state index in [1.165, 1.54) is 11.8 Å². The number of halogens is 2. The van der Waals surface area contributed by atoms with Crippen LogP contribution in [0.15, 0.2) is 0 Å². The molecule has 0 bridgehead atoms. The number of piperidine rings is 1. The van der Waals surface area contributed by atoms with Gasteiger partial charge in [0.15, 0.2) is 0 Å². The summed E-state index contributed by atoms with van der Waals surface area (Å²) < 4.78 is 3.89. The van der Waals surface area contributed by atoms with Gasteiger partial charge in [-0.25, -0.2) is 4.79 Å².